The lowest BCUT2D eigenvalue weighted by molar-refractivity contribution is 0.00572. The number of methoxy groups -OCH3 is 1. The van der Waals surface area contributed by atoms with Crippen LogP contribution in [-0.4, -0.2) is 81.9 Å². The van der Waals surface area contributed by atoms with Crippen LogP contribution in [0.4, 0.5) is 5.82 Å². The van der Waals surface area contributed by atoms with Gasteiger partial charge in [-0.05, 0) is 68.5 Å². The van der Waals surface area contributed by atoms with Crippen LogP contribution >= 0.6 is 0 Å². The summed E-state index contributed by atoms with van der Waals surface area (Å²) in [5, 5.41) is 17.7. The molecule has 4 aromatic heterocycles. The highest BCUT2D eigenvalue weighted by atomic mass is 16.5. The van der Waals surface area contributed by atoms with Crippen molar-refractivity contribution in [3.63, 3.8) is 0 Å². The number of anilines is 1. The maximum absolute atomic E-state index is 13.2. The van der Waals surface area contributed by atoms with E-state index in [1.54, 1.807) is 36.2 Å². The zero-order valence-electron chi connectivity index (χ0n) is 23.9. The highest BCUT2D eigenvalue weighted by Gasteiger charge is 2.47. The van der Waals surface area contributed by atoms with E-state index >= 15 is 0 Å². The number of amides is 1. The molecule has 4 atom stereocenters. The van der Waals surface area contributed by atoms with Crippen molar-refractivity contribution in [2.75, 3.05) is 38.2 Å². The summed E-state index contributed by atoms with van der Waals surface area (Å²) in [6, 6.07) is 12.1. The standard InChI is InChI=1S/C32H32N8O3/c1-42-30-5-3-20(14-36-30)32(41)40-24-8-25(40)17-38(16-24)29-4-2-19(13-35-29)28-9-27(18-39-31(28)23(10-33)15-37-39)43-26-6-21-11-34-12-22(21)7-26/h2-5,9,13-15,18,21-22,24-26,34H,6-8,11-12,16-17H2,1H3. The fourth-order valence-electron chi connectivity index (χ4n) is 7.50. The number of pyridine rings is 3. The Hall–Kier alpha value is -4.69. The molecule has 11 nitrogen and oxygen atoms in total. The largest absolute Gasteiger partial charge is 0.489 e. The molecule has 8 heterocycles. The predicted octanol–water partition coefficient (Wildman–Crippen LogP) is 3.15. The number of nitrogens with one attached hydrogen (secondary N) is 1. The van der Waals surface area contributed by atoms with Crippen LogP contribution in [0.3, 0.4) is 0 Å². The molecule has 4 unspecified atom stereocenters. The molecule has 4 aromatic rings. The Morgan fingerprint density at radius 3 is 2.51 bits per heavy atom. The number of hydrogen-bond donors (Lipinski definition) is 1. The molecular formula is C32H32N8O3. The Balaban J connectivity index is 1.01. The van der Waals surface area contributed by atoms with Gasteiger partial charge in [-0.15, -0.1) is 0 Å². The van der Waals surface area contributed by atoms with E-state index in [0.717, 1.165) is 73.7 Å². The van der Waals surface area contributed by atoms with Gasteiger partial charge in [-0.3, -0.25) is 4.79 Å². The van der Waals surface area contributed by atoms with Crippen molar-refractivity contribution >= 4 is 17.2 Å². The summed E-state index contributed by atoms with van der Waals surface area (Å²) in [7, 11) is 1.56. The Kier molecular flexibility index (Phi) is 6.19. The first-order valence-electron chi connectivity index (χ1n) is 14.9. The van der Waals surface area contributed by atoms with E-state index in [0.29, 0.717) is 28.8 Å². The van der Waals surface area contributed by atoms with Crippen molar-refractivity contribution in [2.45, 2.75) is 37.5 Å². The van der Waals surface area contributed by atoms with Crippen LogP contribution in [0, 0.1) is 23.2 Å². The highest BCUT2D eigenvalue weighted by Crippen LogP contribution is 2.39. The second-order valence-electron chi connectivity index (χ2n) is 12.1. The number of piperazine rings is 1. The number of rotatable bonds is 6. The molecule has 9 rings (SSSR count). The van der Waals surface area contributed by atoms with E-state index in [2.05, 4.69) is 26.4 Å². The maximum atomic E-state index is 13.2. The summed E-state index contributed by atoms with van der Waals surface area (Å²) >= 11 is 0. The number of carbonyl (C=O) groups is 1. The first kappa shape index (κ1) is 26.0. The summed E-state index contributed by atoms with van der Waals surface area (Å²) in [5.74, 6) is 3.50. The predicted molar refractivity (Wildman–Crippen MR) is 158 cm³/mol. The van der Waals surface area contributed by atoms with Gasteiger partial charge in [0.2, 0.25) is 5.88 Å². The molecule has 0 spiro atoms. The van der Waals surface area contributed by atoms with Gasteiger partial charge in [-0.1, -0.05) is 0 Å². The molecule has 4 aliphatic heterocycles. The first-order chi connectivity index (χ1) is 21.1. The van der Waals surface area contributed by atoms with E-state index in [4.69, 9.17) is 14.5 Å². The Morgan fingerprint density at radius 1 is 1.02 bits per heavy atom. The van der Waals surface area contributed by atoms with Crippen LogP contribution < -0.4 is 19.7 Å². The SMILES string of the molecule is COc1ccc(C(=O)N2C3CC2CN(c2ccc(-c4cc(OC5CC6CNCC6C5)cn5ncc(C#N)c45)cn2)C3)cn1. The van der Waals surface area contributed by atoms with Gasteiger partial charge in [0.1, 0.15) is 17.6 Å². The number of carbonyl (C=O) groups excluding carboxylic acids is 1. The number of ether oxygens (including phenoxy) is 2. The molecule has 2 bridgehead atoms. The summed E-state index contributed by atoms with van der Waals surface area (Å²) in [5.41, 5.74) is 3.61. The average molecular weight is 577 g/mol. The molecular weight excluding hydrogens is 544 g/mol. The van der Waals surface area contributed by atoms with Gasteiger partial charge >= 0.3 is 0 Å². The minimum Gasteiger partial charge on any atom is -0.489 e. The summed E-state index contributed by atoms with van der Waals surface area (Å²) in [4.78, 5) is 26.4. The van der Waals surface area contributed by atoms with Gasteiger partial charge in [0.05, 0.1) is 54.3 Å². The van der Waals surface area contributed by atoms with E-state index in [-0.39, 0.29) is 24.1 Å². The minimum absolute atomic E-state index is 0.0112. The lowest BCUT2D eigenvalue weighted by Crippen LogP contribution is -2.70. The van der Waals surface area contributed by atoms with Gasteiger partial charge in [-0.2, -0.15) is 10.4 Å². The van der Waals surface area contributed by atoms with Crippen LogP contribution in [0.2, 0.25) is 0 Å². The third-order valence-corrected chi connectivity index (χ3v) is 9.62. The van der Waals surface area contributed by atoms with Gasteiger partial charge < -0.3 is 24.6 Å². The summed E-state index contributed by atoms with van der Waals surface area (Å²) in [6.07, 6.45) is 10.2. The Labute approximate surface area is 249 Å². The minimum atomic E-state index is 0.0112. The second-order valence-corrected chi connectivity index (χ2v) is 12.1. The van der Waals surface area contributed by atoms with E-state index in [1.165, 1.54) is 0 Å². The average Bonchev–Trinajstić information content (AvgIpc) is 3.76. The van der Waals surface area contributed by atoms with E-state index in [9.17, 15) is 10.1 Å². The van der Waals surface area contributed by atoms with E-state index in [1.807, 2.05) is 35.5 Å². The molecule has 11 heteroatoms. The lowest BCUT2D eigenvalue weighted by Gasteiger charge is -2.56. The zero-order chi connectivity index (χ0) is 29.1. The summed E-state index contributed by atoms with van der Waals surface area (Å²) < 4.78 is 13.4. The Bertz CT molecular complexity index is 1710. The zero-order valence-corrected chi connectivity index (χ0v) is 23.9. The van der Waals surface area contributed by atoms with Crippen molar-refractivity contribution in [1.82, 2.24) is 29.8 Å². The molecule has 1 saturated carbocycles. The third-order valence-electron chi connectivity index (χ3n) is 9.62. The third kappa shape index (κ3) is 4.44. The fourth-order valence-corrected chi connectivity index (χ4v) is 7.50. The normalized spacial score (nSPS) is 25.7. The number of fused-ring (bicyclic) bond motifs is 4. The van der Waals surface area contributed by atoms with Crippen molar-refractivity contribution in [2.24, 2.45) is 11.8 Å². The maximum Gasteiger partial charge on any atom is 0.256 e. The molecule has 218 valence electrons. The molecule has 1 N–H and O–H groups in total. The van der Waals surface area contributed by atoms with Crippen LogP contribution in [0.15, 0.2) is 55.1 Å². The second kappa shape index (κ2) is 10.2. The monoisotopic (exact) mass is 576 g/mol. The van der Waals surface area contributed by atoms with Crippen LogP contribution in [0.5, 0.6) is 11.6 Å². The van der Waals surface area contributed by atoms with Crippen molar-refractivity contribution in [3.05, 3.63) is 66.2 Å². The van der Waals surface area contributed by atoms with Gasteiger partial charge in [0.15, 0.2) is 0 Å². The fraction of sp³-hybridized carbons (Fsp3) is 0.406. The van der Waals surface area contributed by atoms with Crippen LogP contribution in [0.25, 0.3) is 16.6 Å². The molecule has 1 amide bonds. The molecule has 5 fully saturated rings. The van der Waals surface area contributed by atoms with Gasteiger partial charge in [0.25, 0.3) is 5.91 Å². The molecule has 43 heavy (non-hydrogen) atoms. The number of aromatic nitrogens is 4. The van der Waals surface area contributed by atoms with Crippen molar-refractivity contribution in [1.29, 1.82) is 5.26 Å². The van der Waals surface area contributed by atoms with Gasteiger partial charge in [-0.25, -0.2) is 14.5 Å². The number of hydrogen-bond acceptors (Lipinski definition) is 9. The van der Waals surface area contributed by atoms with Crippen molar-refractivity contribution in [3.8, 4) is 28.8 Å². The van der Waals surface area contributed by atoms with Crippen molar-refractivity contribution < 1.29 is 14.3 Å². The number of nitriles is 1. The van der Waals surface area contributed by atoms with E-state index < -0.39 is 0 Å². The molecule has 5 aliphatic rings. The van der Waals surface area contributed by atoms with Crippen LogP contribution in [-0.2, 0) is 0 Å². The number of nitrogens with zero attached hydrogens (tertiary/aromatic N) is 7. The molecule has 1 aliphatic carbocycles. The lowest BCUT2D eigenvalue weighted by atomic mass is 9.86. The van der Waals surface area contributed by atoms with Gasteiger partial charge in [0, 0.05) is 42.7 Å². The highest BCUT2D eigenvalue weighted by molar-refractivity contribution is 5.95. The molecule has 4 saturated heterocycles. The smallest absolute Gasteiger partial charge is 0.256 e. The molecule has 0 radical (unpaired) electrons. The topological polar surface area (TPSA) is 121 Å². The van der Waals surface area contributed by atoms with Crippen LogP contribution in [0.1, 0.15) is 35.2 Å². The summed E-state index contributed by atoms with van der Waals surface area (Å²) in [6.45, 7) is 3.60. The molecule has 0 aromatic carbocycles. The Morgan fingerprint density at radius 2 is 1.84 bits per heavy atom. The quantitative estimate of drug-likeness (QED) is 0.369. The number of piperidine rings is 1. The first-order valence-corrected chi connectivity index (χ1v) is 14.9.